The van der Waals surface area contributed by atoms with Gasteiger partial charge in [0, 0.05) is 7.11 Å². The molecule has 92 valence electrons. The summed E-state index contributed by atoms with van der Waals surface area (Å²) in [5.74, 6) is 0.797. The first-order chi connectivity index (χ1) is 8.11. The lowest BCUT2D eigenvalue weighted by Crippen LogP contribution is -1.92. The average molecular weight is 271 g/mol. The molecule has 0 radical (unpaired) electrons. The second-order valence-electron chi connectivity index (χ2n) is 3.83. The maximum Gasteiger partial charge on any atom is 0.284 e. The Morgan fingerprint density at radius 3 is 2.82 bits per heavy atom. The largest absolute Gasteiger partial charge is 0.408 e. The SMILES string of the molecule is COCc1nc(C(C)C)c(-c2n[nH]c(=S)o2)s1. The van der Waals surface area contributed by atoms with Crippen molar-refractivity contribution >= 4 is 23.6 Å². The first-order valence-corrected chi connectivity index (χ1v) is 6.38. The number of hydrogen-bond donors (Lipinski definition) is 1. The van der Waals surface area contributed by atoms with Crippen molar-refractivity contribution in [1.82, 2.24) is 15.2 Å². The Morgan fingerprint density at radius 1 is 1.53 bits per heavy atom. The molecule has 5 nitrogen and oxygen atoms in total. The molecule has 0 saturated carbocycles. The number of nitrogens with zero attached hydrogens (tertiary/aromatic N) is 2. The maximum atomic E-state index is 5.33. The third kappa shape index (κ3) is 2.62. The topological polar surface area (TPSA) is 63.9 Å². The van der Waals surface area contributed by atoms with Crippen molar-refractivity contribution in [3.8, 4) is 10.8 Å². The zero-order valence-corrected chi connectivity index (χ0v) is 11.4. The zero-order chi connectivity index (χ0) is 12.4. The molecule has 2 aromatic heterocycles. The lowest BCUT2D eigenvalue weighted by molar-refractivity contribution is 0.184. The summed E-state index contributed by atoms with van der Waals surface area (Å²) in [5, 5.41) is 7.57. The van der Waals surface area contributed by atoms with Crippen LogP contribution in [-0.4, -0.2) is 22.3 Å². The van der Waals surface area contributed by atoms with E-state index in [9.17, 15) is 0 Å². The molecule has 2 aromatic rings. The first kappa shape index (κ1) is 12.4. The lowest BCUT2D eigenvalue weighted by Gasteiger charge is -2.00. The molecule has 0 aromatic carbocycles. The van der Waals surface area contributed by atoms with Crippen LogP contribution < -0.4 is 0 Å². The van der Waals surface area contributed by atoms with Crippen molar-refractivity contribution < 1.29 is 9.15 Å². The third-order valence-corrected chi connectivity index (χ3v) is 3.35. The Balaban J connectivity index is 2.47. The summed E-state index contributed by atoms with van der Waals surface area (Å²) < 4.78 is 10.4. The molecule has 0 atom stereocenters. The number of rotatable bonds is 4. The van der Waals surface area contributed by atoms with Crippen LogP contribution in [0, 0.1) is 4.84 Å². The van der Waals surface area contributed by atoms with Gasteiger partial charge in [-0.2, -0.15) is 0 Å². The number of thiazole rings is 1. The molecule has 0 aliphatic rings. The van der Waals surface area contributed by atoms with Crippen LogP contribution in [0.3, 0.4) is 0 Å². The molecule has 0 fully saturated rings. The second kappa shape index (κ2) is 5.07. The van der Waals surface area contributed by atoms with Crippen LogP contribution in [0.1, 0.15) is 30.5 Å². The predicted octanol–water partition coefficient (Wildman–Crippen LogP) is 3.13. The van der Waals surface area contributed by atoms with Crippen molar-refractivity contribution in [1.29, 1.82) is 0 Å². The highest BCUT2D eigenvalue weighted by Gasteiger charge is 2.19. The number of hydrogen-bond acceptors (Lipinski definition) is 6. The number of H-pyrrole nitrogens is 1. The molecular weight excluding hydrogens is 258 g/mol. The van der Waals surface area contributed by atoms with E-state index >= 15 is 0 Å². The standard InChI is InChI=1S/C10H13N3O2S2/c1-5(2)7-8(9-12-13-10(16)15-9)17-6(11-7)4-14-3/h5H,4H2,1-3H3,(H,13,16). The molecule has 0 spiro atoms. The maximum absolute atomic E-state index is 5.33. The minimum absolute atomic E-state index is 0.274. The summed E-state index contributed by atoms with van der Waals surface area (Å²) in [7, 11) is 1.65. The summed E-state index contributed by atoms with van der Waals surface area (Å²) in [6.07, 6.45) is 0. The number of ether oxygens (including phenoxy) is 1. The first-order valence-electron chi connectivity index (χ1n) is 5.16. The molecular formula is C10H13N3O2S2. The van der Waals surface area contributed by atoms with E-state index in [1.165, 1.54) is 11.3 Å². The molecule has 0 saturated heterocycles. The second-order valence-corrected chi connectivity index (χ2v) is 5.28. The van der Waals surface area contributed by atoms with E-state index in [1.807, 2.05) is 0 Å². The molecule has 0 unspecified atom stereocenters. The van der Waals surface area contributed by atoms with Gasteiger partial charge in [0.05, 0.1) is 12.3 Å². The van der Waals surface area contributed by atoms with E-state index in [4.69, 9.17) is 21.4 Å². The number of methoxy groups -OCH3 is 1. The quantitative estimate of drug-likeness (QED) is 0.865. The van der Waals surface area contributed by atoms with Gasteiger partial charge >= 0.3 is 0 Å². The van der Waals surface area contributed by atoms with Crippen LogP contribution in [0.5, 0.6) is 0 Å². The van der Waals surface area contributed by atoms with Crippen molar-refractivity contribution in [3.63, 3.8) is 0 Å². The van der Waals surface area contributed by atoms with Gasteiger partial charge in [0.15, 0.2) is 0 Å². The highest BCUT2D eigenvalue weighted by molar-refractivity contribution is 7.71. The molecule has 0 amide bonds. The summed E-state index contributed by atoms with van der Waals surface area (Å²) in [6, 6.07) is 0. The molecule has 0 aliphatic carbocycles. The van der Waals surface area contributed by atoms with Gasteiger partial charge in [-0.15, -0.1) is 16.4 Å². The van der Waals surface area contributed by atoms with Crippen molar-refractivity contribution in [2.24, 2.45) is 0 Å². The van der Waals surface area contributed by atoms with Gasteiger partial charge in [0.25, 0.3) is 10.7 Å². The van der Waals surface area contributed by atoms with Crippen molar-refractivity contribution in [2.75, 3.05) is 7.11 Å². The molecule has 1 N–H and O–H groups in total. The van der Waals surface area contributed by atoms with Gasteiger partial charge in [0.2, 0.25) is 0 Å². The van der Waals surface area contributed by atoms with Gasteiger partial charge in [-0.25, -0.2) is 10.1 Å². The van der Waals surface area contributed by atoms with E-state index in [0.717, 1.165) is 15.6 Å². The third-order valence-electron chi connectivity index (χ3n) is 2.14. The Kier molecular flexibility index (Phi) is 3.70. The number of nitrogens with one attached hydrogen (secondary N) is 1. The average Bonchev–Trinajstić information content (AvgIpc) is 2.84. The molecule has 7 heteroatoms. The van der Waals surface area contributed by atoms with E-state index in [-0.39, 0.29) is 4.84 Å². The van der Waals surface area contributed by atoms with Crippen LogP contribution in [0.4, 0.5) is 0 Å². The van der Waals surface area contributed by atoms with Crippen LogP contribution in [0.15, 0.2) is 4.42 Å². The predicted molar refractivity (Wildman–Crippen MR) is 67.6 cm³/mol. The molecule has 17 heavy (non-hydrogen) atoms. The molecule has 2 heterocycles. The molecule has 0 bridgehead atoms. The fourth-order valence-corrected chi connectivity index (χ4v) is 2.68. The fraction of sp³-hybridized carbons (Fsp3) is 0.500. The van der Waals surface area contributed by atoms with Crippen LogP contribution >= 0.6 is 23.6 Å². The van der Waals surface area contributed by atoms with Gasteiger partial charge in [0.1, 0.15) is 9.88 Å². The normalized spacial score (nSPS) is 11.3. The summed E-state index contributed by atoms with van der Waals surface area (Å²) in [5.41, 5.74) is 0.965. The number of aromatic amines is 1. The van der Waals surface area contributed by atoms with Crippen LogP contribution in [-0.2, 0) is 11.3 Å². The Bertz CT molecular complexity index is 556. The zero-order valence-electron chi connectivity index (χ0n) is 9.81. The monoisotopic (exact) mass is 271 g/mol. The van der Waals surface area contributed by atoms with E-state index in [0.29, 0.717) is 18.4 Å². The lowest BCUT2D eigenvalue weighted by atomic mass is 10.1. The number of aromatic nitrogens is 3. The smallest absolute Gasteiger partial charge is 0.284 e. The van der Waals surface area contributed by atoms with E-state index in [1.54, 1.807) is 7.11 Å². The summed E-state index contributed by atoms with van der Waals surface area (Å²) in [4.78, 5) is 5.72. The van der Waals surface area contributed by atoms with Crippen LogP contribution in [0.2, 0.25) is 0 Å². The highest BCUT2D eigenvalue weighted by Crippen LogP contribution is 2.33. The van der Waals surface area contributed by atoms with Crippen LogP contribution in [0.25, 0.3) is 10.8 Å². The minimum atomic E-state index is 0.274. The Labute approximate surface area is 108 Å². The fourth-order valence-electron chi connectivity index (χ4n) is 1.43. The highest BCUT2D eigenvalue weighted by atomic mass is 32.1. The Morgan fingerprint density at radius 2 is 2.29 bits per heavy atom. The molecule has 2 rings (SSSR count). The summed E-state index contributed by atoms with van der Waals surface area (Å²) in [6.45, 7) is 4.66. The van der Waals surface area contributed by atoms with Gasteiger partial charge in [-0.3, -0.25) is 0 Å². The van der Waals surface area contributed by atoms with Gasteiger partial charge < -0.3 is 9.15 Å². The minimum Gasteiger partial charge on any atom is -0.408 e. The molecule has 0 aliphatic heterocycles. The summed E-state index contributed by atoms with van der Waals surface area (Å²) >= 11 is 6.39. The van der Waals surface area contributed by atoms with Gasteiger partial charge in [-0.1, -0.05) is 13.8 Å². The Hall–Kier alpha value is -1.05. The van der Waals surface area contributed by atoms with Crippen molar-refractivity contribution in [3.05, 3.63) is 15.5 Å². The van der Waals surface area contributed by atoms with Gasteiger partial charge in [-0.05, 0) is 18.1 Å². The van der Waals surface area contributed by atoms with E-state index in [2.05, 4.69) is 29.0 Å². The van der Waals surface area contributed by atoms with E-state index < -0.39 is 0 Å². The van der Waals surface area contributed by atoms with Crippen molar-refractivity contribution in [2.45, 2.75) is 26.4 Å².